The number of likely N-dealkylation sites (N-methyl/N-ethyl adjacent to an activating group) is 1. The summed E-state index contributed by atoms with van der Waals surface area (Å²) in [6, 6.07) is 10.7. The van der Waals surface area contributed by atoms with E-state index < -0.39 is 41.7 Å². The lowest BCUT2D eigenvalue weighted by Crippen LogP contribution is -2.43. The van der Waals surface area contributed by atoms with Crippen LogP contribution in [0.5, 0.6) is 0 Å². The Labute approximate surface area is 176 Å². The molecule has 0 radical (unpaired) electrons. The lowest BCUT2D eigenvalue weighted by atomic mass is 10.1. The normalized spacial score (nSPS) is 11.0. The topological polar surface area (TPSA) is 78.5 Å². The Balaban J connectivity index is 1.95. The van der Waals surface area contributed by atoms with E-state index in [1.807, 2.05) is 0 Å². The summed E-state index contributed by atoms with van der Waals surface area (Å²) in [5, 5.41) is 4.96. The molecule has 0 aliphatic carbocycles. The molecule has 3 amide bonds. The van der Waals surface area contributed by atoms with Gasteiger partial charge in [0.1, 0.15) is 0 Å². The minimum Gasteiger partial charge on any atom is -0.343 e. The quantitative estimate of drug-likeness (QED) is 0.689. The summed E-state index contributed by atoms with van der Waals surface area (Å²) in [7, 11) is 0. The van der Waals surface area contributed by atoms with E-state index in [1.54, 1.807) is 19.1 Å². The molecule has 0 heterocycles. The number of benzene rings is 2. The van der Waals surface area contributed by atoms with Gasteiger partial charge in [-0.3, -0.25) is 14.4 Å². The van der Waals surface area contributed by atoms with Crippen LogP contribution < -0.4 is 10.6 Å². The molecular formula is C20H19ClF3N3O3. The van der Waals surface area contributed by atoms with Crippen LogP contribution in [-0.2, 0) is 15.8 Å². The molecule has 0 aromatic heterocycles. The van der Waals surface area contributed by atoms with Crippen LogP contribution in [0, 0.1) is 0 Å². The molecule has 0 aliphatic rings. The molecular weight excluding hydrogens is 423 g/mol. The number of anilines is 1. The van der Waals surface area contributed by atoms with Gasteiger partial charge in [0.2, 0.25) is 11.8 Å². The van der Waals surface area contributed by atoms with E-state index in [2.05, 4.69) is 10.6 Å². The Morgan fingerprint density at radius 3 is 2.40 bits per heavy atom. The van der Waals surface area contributed by atoms with Crippen LogP contribution in [0.15, 0.2) is 48.5 Å². The molecule has 6 nitrogen and oxygen atoms in total. The van der Waals surface area contributed by atoms with Crippen LogP contribution in [0.3, 0.4) is 0 Å². The van der Waals surface area contributed by atoms with Crippen molar-refractivity contribution in [3.05, 3.63) is 64.7 Å². The number of halogens is 4. The molecule has 2 rings (SSSR count). The molecule has 0 saturated heterocycles. The summed E-state index contributed by atoms with van der Waals surface area (Å²) < 4.78 is 39.1. The summed E-state index contributed by atoms with van der Waals surface area (Å²) in [6.07, 6.45) is -4.63. The fourth-order valence-corrected chi connectivity index (χ4v) is 2.77. The smallest absolute Gasteiger partial charge is 0.343 e. The highest BCUT2D eigenvalue weighted by atomic mass is 35.5. The average molecular weight is 442 g/mol. The molecule has 2 N–H and O–H groups in total. The molecule has 10 heteroatoms. The zero-order valence-corrected chi connectivity index (χ0v) is 16.7. The number of hydrogen-bond donors (Lipinski definition) is 2. The molecule has 0 bridgehead atoms. The number of carbonyl (C=O) groups is 3. The van der Waals surface area contributed by atoms with Gasteiger partial charge in [0.15, 0.2) is 0 Å². The van der Waals surface area contributed by atoms with Gasteiger partial charge in [-0.05, 0) is 37.3 Å². The van der Waals surface area contributed by atoms with Gasteiger partial charge in [0.25, 0.3) is 5.91 Å². The highest BCUT2D eigenvalue weighted by molar-refractivity contribution is 6.31. The van der Waals surface area contributed by atoms with Crippen LogP contribution >= 0.6 is 11.6 Å². The second-order valence-electron chi connectivity index (χ2n) is 6.19. The predicted octanol–water partition coefficient (Wildman–Crippen LogP) is 3.58. The predicted molar refractivity (Wildman–Crippen MR) is 106 cm³/mol. The van der Waals surface area contributed by atoms with E-state index >= 15 is 0 Å². The molecule has 0 fully saturated rings. The number of rotatable bonds is 7. The summed E-state index contributed by atoms with van der Waals surface area (Å²) >= 11 is 5.82. The number of nitrogens with zero attached hydrogens (tertiary/aromatic N) is 1. The Morgan fingerprint density at radius 2 is 1.77 bits per heavy atom. The molecule has 30 heavy (non-hydrogen) atoms. The van der Waals surface area contributed by atoms with Gasteiger partial charge >= 0.3 is 6.18 Å². The number of carbonyl (C=O) groups excluding carboxylic acids is 3. The molecule has 0 unspecified atom stereocenters. The molecule has 0 spiro atoms. The Morgan fingerprint density at radius 1 is 1.07 bits per heavy atom. The van der Waals surface area contributed by atoms with E-state index in [0.29, 0.717) is 5.02 Å². The number of alkyl halides is 3. The van der Waals surface area contributed by atoms with Crippen molar-refractivity contribution in [2.75, 3.05) is 25.0 Å². The van der Waals surface area contributed by atoms with E-state index in [0.717, 1.165) is 17.0 Å². The molecule has 160 valence electrons. The Kier molecular flexibility index (Phi) is 7.82. The molecule has 2 aromatic rings. The summed E-state index contributed by atoms with van der Waals surface area (Å²) in [5.41, 5.74) is -1.12. The zero-order valence-electron chi connectivity index (χ0n) is 15.9. The minimum absolute atomic E-state index is 0.125. The van der Waals surface area contributed by atoms with Crippen molar-refractivity contribution in [2.45, 2.75) is 13.1 Å². The van der Waals surface area contributed by atoms with Crippen LogP contribution in [0.2, 0.25) is 5.02 Å². The van der Waals surface area contributed by atoms with E-state index in [1.165, 1.54) is 24.3 Å². The third-order valence-electron chi connectivity index (χ3n) is 4.06. The van der Waals surface area contributed by atoms with Gasteiger partial charge < -0.3 is 15.5 Å². The SMILES string of the molecule is CCN(CC(=O)Nc1ccccc1C(F)(F)F)C(=O)CNC(=O)c1cccc(Cl)c1. The van der Waals surface area contributed by atoms with Crippen molar-refractivity contribution < 1.29 is 27.6 Å². The lowest BCUT2D eigenvalue weighted by Gasteiger charge is -2.21. The van der Waals surface area contributed by atoms with Crippen LogP contribution in [-0.4, -0.2) is 42.3 Å². The average Bonchev–Trinajstić information content (AvgIpc) is 2.69. The van der Waals surface area contributed by atoms with Gasteiger partial charge in [-0.1, -0.05) is 29.8 Å². The van der Waals surface area contributed by atoms with Gasteiger partial charge in [0, 0.05) is 17.1 Å². The van der Waals surface area contributed by atoms with Gasteiger partial charge in [-0.15, -0.1) is 0 Å². The summed E-state index contributed by atoms with van der Waals surface area (Å²) in [4.78, 5) is 37.7. The van der Waals surface area contributed by atoms with Crippen molar-refractivity contribution in [1.29, 1.82) is 0 Å². The summed E-state index contributed by atoms with van der Waals surface area (Å²) in [6.45, 7) is 0.883. The standard InChI is InChI=1S/C20H19ClF3N3O3/c1-2-27(18(29)11-25-19(30)13-6-5-7-14(21)10-13)12-17(28)26-16-9-4-3-8-15(16)20(22,23)24/h3-10H,2,11-12H2,1H3,(H,25,30)(H,26,28). The molecule has 0 aliphatic heterocycles. The van der Waals surface area contributed by atoms with E-state index in [9.17, 15) is 27.6 Å². The van der Waals surface area contributed by atoms with Crippen molar-refractivity contribution in [2.24, 2.45) is 0 Å². The van der Waals surface area contributed by atoms with Crippen LogP contribution in [0.25, 0.3) is 0 Å². The number of hydrogen-bond acceptors (Lipinski definition) is 3. The first-order valence-electron chi connectivity index (χ1n) is 8.89. The Hall–Kier alpha value is -3.07. The Bertz CT molecular complexity index is 935. The largest absolute Gasteiger partial charge is 0.418 e. The van der Waals surface area contributed by atoms with Gasteiger partial charge in [-0.2, -0.15) is 13.2 Å². The van der Waals surface area contributed by atoms with Crippen LogP contribution in [0.1, 0.15) is 22.8 Å². The minimum atomic E-state index is -4.63. The monoisotopic (exact) mass is 441 g/mol. The fraction of sp³-hybridized carbons (Fsp3) is 0.250. The maximum atomic E-state index is 13.0. The van der Waals surface area contributed by atoms with E-state index in [4.69, 9.17) is 11.6 Å². The maximum Gasteiger partial charge on any atom is 0.418 e. The first kappa shape index (κ1) is 23.2. The molecule has 0 saturated carbocycles. The first-order chi connectivity index (χ1) is 14.1. The van der Waals surface area contributed by atoms with E-state index in [-0.39, 0.29) is 18.7 Å². The van der Waals surface area contributed by atoms with Crippen LogP contribution in [0.4, 0.5) is 18.9 Å². The van der Waals surface area contributed by atoms with Crippen molar-refractivity contribution in [3.63, 3.8) is 0 Å². The highest BCUT2D eigenvalue weighted by Crippen LogP contribution is 2.34. The second-order valence-corrected chi connectivity index (χ2v) is 6.63. The third kappa shape index (κ3) is 6.48. The lowest BCUT2D eigenvalue weighted by molar-refractivity contribution is -0.137. The van der Waals surface area contributed by atoms with Crippen molar-refractivity contribution >= 4 is 35.0 Å². The number of para-hydroxylation sites is 1. The maximum absolute atomic E-state index is 13.0. The summed E-state index contributed by atoms with van der Waals surface area (Å²) in [5.74, 6) is -1.87. The molecule has 2 aromatic carbocycles. The van der Waals surface area contributed by atoms with Gasteiger partial charge in [0.05, 0.1) is 24.3 Å². The first-order valence-corrected chi connectivity index (χ1v) is 9.27. The number of nitrogens with one attached hydrogen (secondary N) is 2. The third-order valence-corrected chi connectivity index (χ3v) is 4.30. The highest BCUT2D eigenvalue weighted by Gasteiger charge is 2.33. The second kappa shape index (κ2) is 10.1. The number of amides is 3. The molecule has 0 atom stereocenters. The fourth-order valence-electron chi connectivity index (χ4n) is 2.58. The van der Waals surface area contributed by atoms with Crippen molar-refractivity contribution in [3.8, 4) is 0 Å². The zero-order chi connectivity index (χ0) is 22.3. The van der Waals surface area contributed by atoms with Crippen molar-refractivity contribution in [1.82, 2.24) is 10.2 Å². The van der Waals surface area contributed by atoms with Gasteiger partial charge in [-0.25, -0.2) is 0 Å².